The molecule has 4 rings (SSSR count). The van der Waals surface area contributed by atoms with Gasteiger partial charge in [-0.05, 0) is 12.8 Å². The Balaban J connectivity index is 1.95. The molecule has 2 heterocycles. The lowest BCUT2D eigenvalue weighted by Crippen LogP contribution is -2.38. The first kappa shape index (κ1) is 5.78. The summed E-state index contributed by atoms with van der Waals surface area (Å²) in [4.78, 5) is 0. The number of hydrogen-bond donors (Lipinski definition) is 0. The van der Waals surface area contributed by atoms with E-state index >= 15 is 0 Å². The van der Waals surface area contributed by atoms with Gasteiger partial charge in [-0.15, -0.1) is 0 Å². The van der Waals surface area contributed by atoms with Crippen LogP contribution in [0.2, 0.25) is 0 Å². The third-order valence-corrected chi connectivity index (χ3v) is 4.00. The maximum absolute atomic E-state index is 4.45. The molecule has 62 valence electrons. The molecule has 4 aliphatic rings. The van der Waals surface area contributed by atoms with Crippen LogP contribution >= 0.6 is 0 Å². The SMILES string of the molecule is C1[C@@H]2N=N[C@H]1[C@@]13C[C@@H](C[C@@H]21)N=N3. The molecule has 2 aliphatic carbocycles. The fraction of sp³-hybridized carbons (Fsp3) is 1.00. The van der Waals surface area contributed by atoms with Crippen LogP contribution in [-0.4, -0.2) is 23.7 Å². The molecule has 1 spiro atoms. The zero-order chi connectivity index (χ0) is 7.76. The predicted octanol–water partition coefficient (Wildman–Crippen LogP) is 1.58. The van der Waals surface area contributed by atoms with Crippen molar-refractivity contribution < 1.29 is 0 Å². The molecule has 0 saturated heterocycles. The van der Waals surface area contributed by atoms with Crippen molar-refractivity contribution in [2.75, 3.05) is 0 Å². The average molecular weight is 162 g/mol. The molecule has 2 saturated carbocycles. The van der Waals surface area contributed by atoms with Gasteiger partial charge in [0.25, 0.3) is 0 Å². The third kappa shape index (κ3) is 0.403. The minimum Gasteiger partial charge on any atom is -0.190 e. The number of azo groups is 2. The van der Waals surface area contributed by atoms with Gasteiger partial charge in [0.05, 0.1) is 12.1 Å². The molecular weight excluding hydrogens is 152 g/mol. The Bertz CT molecular complexity index is 310. The van der Waals surface area contributed by atoms with Crippen LogP contribution in [0.25, 0.3) is 0 Å². The van der Waals surface area contributed by atoms with Crippen molar-refractivity contribution in [2.24, 2.45) is 26.4 Å². The largest absolute Gasteiger partial charge is 0.190 e. The van der Waals surface area contributed by atoms with E-state index in [1.165, 1.54) is 6.42 Å². The predicted molar refractivity (Wildman–Crippen MR) is 41.1 cm³/mol. The van der Waals surface area contributed by atoms with Crippen molar-refractivity contribution in [2.45, 2.75) is 42.9 Å². The number of fused-ring (bicyclic) bond motifs is 4. The second-order valence-electron chi connectivity index (χ2n) is 4.46. The molecule has 4 nitrogen and oxygen atoms in total. The molecule has 0 radical (unpaired) electrons. The molecule has 5 atom stereocenters. The van der Waals surface area contributed by atoms with Crippen molar-refractivity contribution in [1.82, 2.24) is 0 Å². The Morgan fingerprint density at radius 1 is 1.08 bits per heavy atom. The second-order valence-corrected chi connectivity index (χ2v) is 4.46. The van der Waals surface area contributed by atoms with E-state index in [9.17, 15) is 0 Å². The van der Waals surface area contributed by atoms with E-state index in [-0.39, 0.29) is 5.54 Å². The zero-order valence-corrected chi connectivity index (χ0v) is 6.72. The molecule has 2 fully saturated rings. The lowest BCUT2D eigenvalue weighted by Gasteiger charge is -2.28. The van der Waals surface area contributed by atoms with E-state index in [1.807, 2.05) is 0 Å². The van der Waals surface area contributed by atoms with Gasteiger partial charge in [-0.25, -0.2) is 0 Å². The number of hydrogen-bond acceptors (Lipinski definition) is 4. The van der Waals surface area contributed by atoms with Crippen LogP contribution in [0.15, 0.2) is 20.5 Å². The Labute approximate surface area is 70.2 Å². The second kappa shape index (κ2) is 1.47. The molecule has 0 N–H and O–H groups in total. The van der Waals surface area contributed by atoms with Gasteiger partial charge in [-0.3, -0.25) is 0 Å². The van der Waals surface area contributed by atoms with Crippen LogP contribution in [0.5, 0.6) is 0 Å². The summed E-state index contributed by atoms with van der Waals surface area (Å²) in [5, 5.41) is 17.3. The molecule has 0 amide bonds. The van der Waals surface area contributed by atoms with Gasteiger partial charge in [-0.1, -0.05) is 0 Å². The van der Waals surface area contributed by atoms with Crippen LogP contribution in [0, 0.1) is 5.92 Å². The smallest absolute Gasteiger partial charge is 0.113 e. The first-order valence-corrected chi connectivity index (χ1v) is 4.70. The highest BCUT2D eigenvalue weighted by Crippen LogP contribution is 2.59. The average Bonchev–Trinajstić information content (AvgIpc) is 2.81. The topological polar surface area (TPSA) is 49.4 Å². The molecule has 4 bridgehead atoms. The molecule has 0 aromatic rings. The maximum Gasteiger partial charge on any atom is 0.113 e. The van der Waals surface area contributed by atoms with E-state index < -0.39 is 0 Å². The van der Waals surface area contributed by atoms with Crippen molar-refractivity contribution in [3.63, 3.8) is 0 Å². The summed E-state index contributed by atoms with van der Waals surface area (Å²) in [6.07, 6.45) is 3.54. The standard InChI is InChI=1S/C8H10N4/c1-4-3-8(12-9-4)5(1)6-2-7(8)11-10-6/h4-7H,1-3H2/t4-,5+,6+,7-,8-/m1/s1. The Morgan fingerprint density at radius 2 is 2.08 bits per heavy atom. The van der Waals surface area contributed by atoms with Gasteiger partial charge in [0.15, 0.2) is 0 Å². The summed E-state index contributed by atoms with van der Waals surface area (Å²) in [6.45, 7) is 0. The van der Waals surface area contributed by atoms with Crippen LogP contribution in [-0.2, 0) is 0 Å². The fourth-order valence-corrected chi connectivity index (χ4v) is 3.48. The van der Waals surface area contributed by atoms with Gasteiger partial charge in [0, 0.05) is 12.3 Å². The monoisotopic (exact) mass is 162 g/mol. The molecule has 0 aromatic carbocycles. The summed E-state index contributed by atoms with van der Waals surface area (Å²) in [5.41, 5.74) is 0.136. The maximum atomic E-state index is 4.45. The molecular formula is C8H10N4. The van der Waals surface area contributed by atoms with Crippen molar-refractivity contribution in [1.29, 1.82) is 0 Å². The van der Waals surface area contributed by atoms with Gasteiger partial charge < -0.3 is 0 Å². The Kier molecular flexibility index (Phi) is 0.710. The summed E-state index contributed by atoms with van der Waals surface area (Å²) in [6, 6.07) is 1.41. The van der Waals surface area contributed by atoms with Gasteiger partial charge in [0.2, 0.25) is 0 Å². The normalized spacial score (nSPS) is 63.3. The summed E-state index contributed by atoms with van der Waals surface area (Å²) in [7, 11) is 0. The van der Waals surface area contributed by atoms with Gasteiger partial charge in [-0.2, -0.15) is 20.5 Å². The van der Waals surface area contributed by atoms with E-state index in [4.69, 9.17) is 0 Å². The quantitative estimate of drug-likeness (QED) is 0.519. The first-order valence-electron chi connectivity index (χ1n) is 4.70. The number of rotatable bonds is 0. The van der Waals surface area contributed by atoms with Crippen molar-refractivity contribution in [3.8, 4) is 0 Å². The fourth-order valence-electron chi connectivity index (χ4n) is 3.48. The van der Waals surface area contributed by atoms with Crippen LogP contribution in [0.3, 0.4) is 0 Å². The minimum atomic E-state index is 0.136. The van der Waals surface area contributed by atoms with Crippen molar-refractivity contribution in [3.05, 3.63) is 0 Å². The summed E-state index contributed by atoms with van der Waals surface area (Å²) < 4.78 is 0. The van der Waals surface area contributed by atoms with Gasteiger partial charge in [0.1, 0.15) is 11.6 Å². The van der Waals surface area contributed by atoms with Crippen molar-refractivity contribution >= 4 is 0 Å². The highest BCUT2D eigenvalue weighted by molar-refractivity contribution is 5.23. The highest BCUT2D eigenvalue weighted by atomic mass is 15.3. The third-order valence-electron chi connectivity index (χ3n) is 4.00. The van der Waals surface area contributed by atoms with E-state index in [1.54, 1.807) is 0 Å². The zero-order valence-electron chi connectivity index (χ0n) is 6.72. The summed E-state index contributed by atoms with van der Waals surface area (Å²) in [5.74, 6) is 0.697. The van der Waals surface area contributed by atoms with Gasteiger partial charge >= 0.3 is 0 Å². The molecule has 2 aliphatic heterocycles. The van der Waals surface area contributed by atoms with E-state index in [0.717, 1.165) is 12.8 Å². The highest BCUT2D eigenvalue weighted by Gasteiger charge is 2.66. The van der Waals surface area contributed by atoms with Crippen LogP contribution < -0.4 is 0 Å². The molecule has 4 heteroatoms. The van der Waals surface area contributed by atoms with Crippen LogP contribution in [0.4, 0.5) is 0 Å². The lowest BCUT2D eigenvalue weighted by atomic mass is 9.87. The first-order chi connectivity index (χ1) is 5.88. The van der Waals surface area contributed by atoms with E-state index in [2.05, 4.69) is 20.5 Å². The van der Waals surface area contributed by atoms with E-state index in [0.29, 0.717) is 24.0 Å². The Hall–Kier alpha value is -0.800. The summed E-state index contributed by atoms with van der Waals surface area (Å²) >= 11 is 0. The minimum absolute atomic E-state index is 0.136. The molecule has 12 heavy (non-hydrogen) atoms. The molecule has 0 aromatic heterocycles. The Morgan fingerprint density at radius 3 is 2.92 bits per heavy atom. The lowest BCUT2D eigenvalue weighted by molar-refractivity contribution is 0.284. The van der Waals surface area contributed by atoms with Crippen LogP contribution in [0.1, 0.15) is 19.3 Å². The number of nitrogens with zero attached hydrogens (tertiary/aromatic N) is 4. The molecule has 0 unspecified atom stereocenters.